The summed E-state index contributed by atoms with van der Waals surface area (Å²) in [7, 11) is 0. The maximum absolute atomic E-state index is 5.56. The van der Waals surface area contributed by atoms with Crippen LogP contribution >= 0.6 is 0 Å². The highest BCUT2D eigenvalue weighted by atomic mass is 14.5. The first-order valence-corrected chi connectivity index (χ1v) is 5.52. The Morgan fingerprint density at radius 1 is 0.600 bits per heavy atom. The second kappa shape index (κ2) is 6.56. The van der Waals surface area contributed by atoms with Crippen LogP contribution in [-0.2, 0) is 19.3 Å². The van der Waals surface area contributed by atoms with Gasteiger partial charge in [-0.25, -0.2) is 0 Å². The van der Waals surface area contributed by atoms with Gasteiger partial charge in [0.25, 0.3) is 0 Å². The zero-order valence-corrected chi connectivity index (χ0v) is 9.21. The van der Waals surface area contributed by atoms with Crippen LogP contribution in [0.15, 0.2) is 18.2 Å². The van der Waals surface area contributed by atoms with Gasteiger partial charge in [-0.3, -0.25) is 0 Å². The Hall–Kier alpha value is -0.900. The lowest BCUT2D eigenvalue weighted by Gasteiger charge is -2.08. The Morgan fingerprint density at radius 3 is 1.07 bits per heavy atom. The average Bonchev–Trinajstić information content (AvgIpc) is 2.19. The van der Waals surface area contributed by atoms with Crippen molar-refractivity contribution in [2.45, 2.75) is 19.3 Å². The molecule has 0 atom stereocenters. The first-order chi connectivity index (χ1) is 7.30. The van der Waals surface area contributed by atoms with Crippen molar-refractivity contribution in [3.8, 4) is 0 Å². The Bertz CT molecular complexity index is 237. The van der Waals surface area contributed by atoms with Crippen molar-refractivity contribution in [1.82, 2.24) is 0 Å². The smallest absolute Gasteiger partial charge is 0.00367 e. The molecule has 0 saturated heterocycles. The quantitative estimate of drug-likeness (QED) is 0.623. The van der Waals surface area contributed by atoms with Crippen molar-refractivity contribution in [2.24, 2.45) is 17.2 Å². The maximum atomic E-state index is 5.56. The van der Waals surface area contributed by atoms with Gasteiger partial charge in [-0.15, -0.1) is 0 Å². The number of hydrogen-bond acceptors (Lipinski definition) is 3. The molecule has 84 valence electrons. The summed E-state index contributed by atoms with van der Waals surface area (Å²) < 4.78 is 0. The fourth-order valence-electron chi connectivity index (χ4n) is 1.77. The van der Waals surface area contributed by atoms with Crippen LogP contribution in [0.2, 0.25) is 0 Å². The van der Waals surface area contributed by atoms with Gasteiger partial charge in [-0.1, -0.05) is 18.2 Å². The summed E-state index contributed by atoms with van der Waals surface area (Å²) in [6.45, 7) is 2.07. The molecule has 0 aliphatic carbocycles. The summed E-state index contributed by atoms with van der Waals surface area (Å²) in [5.41, 5.74) is 20.6. The van der Waals surface area contributed by atoms with Crippen LogP contribution in [0.25, 0.3) is 0 Å². The first kappa shape index (κ1) is 12.2. The van der Waals surface area contributed by atoms with E-state index in [1.165, 1.54) is 16.7 Å². The van der Waals surface area contributed by atoms with Gasteiger partial charge in [0.1, 0.15) is 0 Å². The van der Waals surface area contributed by atoms with Crippen LogP contribution < -0.4 is 17.2 Å². The summed E-state index contributed by atoms with van der Waals surface area (Å²) in [4.78, 5) is 0. The van der Waals surface area contributed by atoms with E-state index in [-0.39, 0.29) is 0 Å². The topological polar surface area (TPSA) is 78.1 Å². The number of rotatable bonds is 6. The van der Waals surface area contributed by atoms with E-state index in [9.17, 15) is 0 Å². The van der Waals surface area contributed by atoms with Gasteiger partial charge in [-0.05, 0) is 55.6 Å². The molecule has 0 unspecified atom stereocenters. The van der Waals surface area contributed by atoms with Crippen molar-refractivity contribution in [3.63, 3.8) is 0 Å². The monoisotopic (exact) mass is 207 g/mol. The molecule has 15 heavy (non-hydrogen) atoms. The summed E-state index contributed by atoms with van der Waals surface area (Å²) in [5.74, 6) is 0. The normalized spacial score (nSPS) is 10.6. The third kappa shape index (κ3) is 4.00. The molecule has 1 rings (SSSR count). The van der Waals surface area contributed by atoms with E-state index in [2.05, 4.69) is 18.2 Å². The highest BCUT2D eigenvalue weighted by Gasteiger charge is 2.00. The van der Waals surface area contributed by atoms with Crippen LogP contribution in [0, 0.1) is 0 Å². The van der Waals surface area contributed by atoms with Crippen molar-refractivity contribution < 1.29 is 0 Å². The SMILES string of the molecule is NCCc1cc(CCN)cc(CCN)c1. The predicted octanol–water partition coefficient (Wildman–Crippen LogP) is 0.190. The Kier molecular flexibility index (Phi) is 5.32. The lowest BCUT2D eigenvalue weighted by molar-refractivity contribution is 0.914. The zero-order valence-electron chi connectivity index (χ0n) is 9.21. The molecular formula is C12H21N3. The molecule has 0 aliphatic heterocycles. The van der Waals surface area contributed by atoms with Gasteiger partial charge >= 0.3 is 0 Å². The molecular weight excluding hydrogens is 186 g/mol. The second-order valence-corrected chi connectivity index (χ2v) is 3.77. The van der Waals surface area contributed by atoms with Gasteiger partial charge in [0.2, 0.25) is 0 Å². The molecule has 0 spiro atoms. The van der Waals surface area contributed by atoms with E-state index in [1.807, 2.05) is 0 Å². The van der Waals surface area contributed by atoms with Gasteiger partial charge in [0.05, 0.1) is 0 Å². The molecule has 0 bridgehead atoms. The third-order valence-corrected chi connectivity index (χ3v) is 2.41. The highest BCUT2D eigenvalue weighted by Crippen LogP contribution is 2.12. The minimum Gasteiger partial charge on any atom is -0.330 e. The van der Waals surface area contributed by atoms with Crippen molar-refractivity contribution in [3.05, 3.63) is 34.9 Å². The average molecular weight is 207 g/mol. The minimum absolute atomic E-state index is 0.689. The summed E-state index contributed by atoms with van der Waals surface area (Å²) >= 11 is 0. The van der Waals surface area contributed by atoms with Gasteiger partial charge in [0, 0.05) is 0 Å². The first-order valence-electron chi connectivity index (χ1n) is 5.52. The van der Waals surface area contributed by atoms with Crippen LogP contribution in [0.5, 0.6) is 0 Å². The second-order valence-electron chi connectivity index (χ2n) is 3.77. The zero-order chi connectivity index (χ0) is 11.1. The van der Waals surface area contributed by atoms with Crippen molar-refractivity contribution in [2.75, 3.05) is 19.6 Å². The fourth-order valence-corrected chi connectivity index (χ4v) is 1.77. The molecule has 0 radical (unpaired) electrons. The van der Waals surface area contributed by atoms with E-state index in [1.54, 1.807) is 0 Å². The van der Waals surface area contributed by atoms with E-state index in [0.717, 1.165) is 19.3 Å². The molecule has 0 saturated carbocycles. The fraction of sp³-hybridized carbons (Fsp3) is 0.500. The molecule has 3 nitrogen and oxygen atoms in total. The van der Waals surface area contributed by atoms with Crippen LogP contribution in [0.1, 0.15) is 16.7 Å². The lowest BCUT2D eigenvalue weighted by Crippen LogP contribution is -2.08. The highest BCUT2D eigenvalue weighted by molar-refractivity contribution is 5.31. The van der Waals surface area contributed by atoms with Crippen LogP contribution in [0.3, 0.4) is 0 Å². The Morgan fingerprint density at radius 2 is 0.867 bits per heavy atom. The molecule has 0 amide bonds. The van der Waals surface area contributed by atoms with Gasteiger partial charge < -0.3 is 17.2 Å². The Balaban J connectivity index is 2.86. The minimum atomic E-state index is 0.689. The molecule has 6 N–H and O–H groups in total. The van der Waals surface area contributed by atoms with Gasteiger partial charge in [-0.2, -0.15) is 0 Å². The van der Waals surface area contributed by atoms with Crippen molar-refractivity contribution in [1.29, 1.82) is 0 Å². The van der Waals surface area contributed by atoms with E-state index >= 15 is 0 Å². The molecule has 1 aromatic rings. The molecule has 0 fully saturated rings. The molecule has 1 aromatic carbocycles. The van der Waals surface area contributed by atoms with Crippen molar-refractivity contribution >= 4 is 0 Å². The van der Waals surface area contributed by atoms with E-state index in [4.69, 9.17) is 17.2 Å². The van der Waals surface area contributed by atoms with E-state index in [0.29, 0.717) is 19.6 Å². The number of benzene rings is 1. The third-order valence-electron chi connectivity index (χ3n) is 2.41. The standard InChI is InChI=1S/C12H21N3/c13-4-1-10-7-11(2-5-14)9-12(8-10)3-6-15/h7-9H,1-6,13-15H2. The number of nitrogens with two attached hydrogens (primary N) is 3. The predicted molar refractivity (Wildman–Crippen MR) is 64.7 cm³/mol. The summed E-state index contributed by atoms with van der Waals surface area (Å²) in [5, 5.41) is 0. The van der Waals surface area contributed by atoms with E-state index < -0.39 is 0 Å². The molecule has 3 heteroatoms. The molecule has 0 aromatic heterocycles. The summed E-state index contributed by atoms with van der Waals surface area (Å²) in [6.07, 6.45) is 2.78. The molecule has 0 aliphatic rings. The van der Waals surface area contributed by atoms with Crippen LogP contribution in [0.4, 0.5) is 0 Å². The van der Waals surface area contributed by atoms with Crippen LogP contribution in [-0.4, -0.2) is 19.6 Å². The number of hydrogen-bond donors (Lipinski definition) is 3. The lowest BCUT2D eigenvalue weighted by atomic mass is 10.00. The Labute approximate surface area is 91.6 Å². The summed E-state index contributed by atoms with van der Waals surface area (Å²) in [6, 6.07) is 6.58. The largest absolute Gasteiger partial charge is 0.330 e. The maximum Gasteiger partial charge on any atom is -0.00367 e. The van der Waals surface area contributed by atoms with Gasteiger partial charge in [0.15, 0.2) is 0 Å². The molecule has 0 heterocycles.